The Kier molecular flexibility index (Phi) is 3.66. The molecule has 0 saturated heterocycles. The Morgan fingerprint density at radius 3 is 2.67 bits per heavy atom. The van der Waals surface area contributed by atoms with E-state index >= 15 is 0 Å². The zero-order valence-corrected chi connectivity index (χ0v) is 9.14. The first kappa shape index (κ1) is 11.9. The highest BCUT2D eigenvalue weighted by atomic mass is 35.5. The first-order valence-electron chi connectivity index (χ1n) is 4.30. The second-order valence-electron chi connectivity index (χ2n) is 3.12. The van der Waals surface area contributed by atoms with Gasteiger partial charge >= 0.3 is 0 Å². The van der Waals surface area contributed by atoms with Crippen LogP contribution in [0.25, 0.3) is 0 Å². The molecule has 1 atom stereocenters. The zero-order chi connectivity index (χ0) is 11.6. The molecule has 3 nitrogen and oxygen atoms in total. The van der Waals surface area contributed by atoms with Crippen LogP contribution >= 0.6 is 11.6 Å². The van der Waals surface area contributed by atoms with Crippen LogP contribution in [0, 0.1) is 5.82 Å². The van der Waals surface area contributed by atoms with E-state index < -0.39 is 17.6 Å². The topological polar surface area (TPSA) is 52.3 Å². The maximum Gasteiger partial charge on any atom is 0.183 e. The highest BCUT2D eigenvalue weighted by Gasteiger charge is 2.19. The van der Waals surface area contributed by atoms with Crippen molar-refractivity contribution in [3.63, 3.8) is 0 Å². The van der Waals surface area contributed by atoms with E-state index in [1.165, 1.54) is 14.0 Å². The first-order valence-corrected chi connectivity index (χ1v) is 4.68. The van der Waals surface area contributed by atoms with Crippen LogP contribution in [0.4, 0.5) is 4.39 Å². The Morgan fingerprint density at radius 2 is 2.20 bits per heavy atom. The SMILES string of the molecule is COc1c(Cl)cc(F)cc1C(=O)C(C)N. The van der Waals surface area contributed by atoms with E-state index in [1.54, 1.807) is 0 Å². The van der Waals surface area contributed by atoms with Crippen molar-refractivity contribution in [1.82, 2.24) is 0 Å². The van der Waals surface area contributed by atoms with Crippen LogP contribution in [0.5, 0.6) is 5.75 Å². The van der Waals surface area contributed by atoms with Gasteiger partial charge in [-0.05, 0) is 19.1 Å². The van der Waals surface area contributed by atoms with Gasteiger partial charge in [0.05, 0.1) is 23.7 Å². The standard InChI is InChI=1S/C10H11ClFNO2/c1-5(13)9(14)7-3-6(12)4-8(11)10(7)15-2/h3-5H,13H2,1-2H3. The number of rotatable bonds is 3. The maximum atomic E-state index is 13.0. The van der Waals surface area contributed by atoms with Crippen molar-refractivity contribution >= 4 is 17.4 Å². The van der Waals surface area contributed by atoms with Gasteiger partial charge in [0, 0.05) is 0 Å². The van der Waals surface area contributed by atoms with E-state index in [0.717, 1.165) is 12.1 Å². The molecule has 0 amide bonds. The van der Waals surface area contributed by atoms with E-state index in [-0.39, 0.29) is 16.3 Å². The molecule has 1 aromatic rings. The molecule has 5 heteroatoms. The monoisotopic (exact) mass is 231 g/mol. The predicted octanol–water partition coefficient (Wildman–Crippen LogP) is 2.02. The second kappa shape index (κ2) is 4.59. The molecule has 0 fully saturated rings. The van der Waals surface area contributed by atoms with Gasteiger partial charge < -0.3 is 10.5 Å². The summed E-state index contributed by atoms with van der Waals surface area (Å²) < 4.78 is 18.0. The summed E-state index contributed by atoms with van der Waals surface area (Å²) in [5.41, 5.74) is 5.49. The third kappa shape index (κ3) is 2.46. The highest BCUT2D eigenvalue weighted by Crippen LogP contribution is 2.30. The molecule has 0 aromatic heterocycles. The number of halogens is 2. The lowest BCUT2D eigenvalue weighted by Crippen LogP contribution is -2.27. The van der Waals surface area contributed by atoms with Gasteiger partial charge in [-0.1, -0.05) is 11.6 Å². The number of nitrogens with two attached hydrogens (primary N) is 1. The molecule has 2 N–H and O–H groups in total. The van der Waals surface area contributed by atoms with Gasteiger partial charge in [0.15, 0.2) is 5.78 Å². The van der Waals surface area contributed by atoms with Crippen LogP contribution in [0.15, 0.2) is 12.1 Å². The number of hydrogen-bond acceptors (Lipinski definition) is 3. The summed E-state index contributed by atoms with van der Waals surface area (Å²) in [6.45, 7) is 1.51. The lowest BCUT2D eigenvalue weighted by molar-refractivity contribution is 0.0964. The molecule has 15 heavy (non-hydrogen) atoms. The van der Waals surface area contributed by atoms with Crippen LogP contribution in [0.2, 0.25) is 5.02 Å². The summed E-state index contributed by atoms with van der Waals surface area (Å²) in [6, 6.07) is 1.42. The normalized spacial score (nSPS) is 12.3. The fourth-order valence-electron chi connectivity index (χ4n) is 1.20. The average Bonchev–Trinajstić information content (AvgIpc) is 2.15. The molecule has 82 valence electrons. The third-order valence-electron chi connectivity index (χ3n) is 1.89. The molecule has 0 radical (unpaired) electrons. The quantitative estimate of drug-likeness (QED) is 0.810. The summed E-state index contributed by atoms with van der Waals surface area (Å²) in [7, 11) is 1.36. The summed E-state index contributed by atoms with van der Waals surface area (Å²) in [4.78, 5) is 11.6. The van der Waals surface area contributed by atoms with Gasteiger partial charge in [-0.2, -0.15) is 0 Å². The first-order chi connectivity index (χ1) is 6.97. The van der Waals surface area contributed by atoms with Crippen LogP contribution in [-0.2, 0) is 0 Å². The molecule has 0 aliphatic carbocycles. The summed E-state index contributed by atoms with van der Waals surface area (Å²) in [5.74, 6) is -0.849. The van der Waals surface area contributed by atoms with E-state index in [9.17, 15) is 9.18 Å². The average molecular weight is 232 g/mol. The largest absolute Gasteiger partial charge is 0.494 e. The third-order valence-corrected chi connectivity index (χ3v) is 2.17. The van der Waals surface area contributed by atoms with Gasteiger partial charge in [-0.3, -0.25) is 4.79 Å². The summed E-state index contributed by atoms with van der Waals surface area (Å²) in [6.07, 6.45) is 0. The maximum absolute atomic E-state index is 13.0. The van der Waals surface area contributed by atoms with Crippen molar-refractivity contribution < 1.29 is 13.9 Å². The lowest BCUT2D eigenvalue weighted by atomic mass is 10.0. The van der Waals surface area contributed by atoms with Gasteiger partial charge in [0.1, 0.15) is 11.6 Å². The molecular formula is C10H11ClFNO2. The molecule has 1 unspecified atom stereocenters. The molecule has 1 rings (SSSR count). The Labute approximate surface area is 92.0 Å². The number of Topliss-reactive ketones (excluding diaryl/α,β-unsaturated/α-hetero) is 1. The Hall–Kier alpha value is -1.13. The van der Waals surface area contributed by atoms with E-state index in [2.05, 4.69) is 0 Å². The van der Waals surface area contributed by atoms with Gasteiger partial charge in [-0.15, -0.1) is 0 Å². The number of carbonyl (C=O) groups is 1. The van der Waals surface area contributed by atoms with Crippen LogP contribution in [0.3, 0.4) is 0 Å². The van der Waals surface area contributed by atoms with E-state index in [4.69, 9.17) is 22.1 Å². The lowest BCUT2D eigenvalue weighted by Gasteiger charge is -2.11. The molecular weight excluding hydrogens is 221 g/mol. The highest BCUT2D eigenvalue weighted by molar-refractivity contribution is 6.32. The molecule has 0 bridgehead atoms. The number of methoxy groups -OCH3 is 1. The molecule has 0 aliphatic heterocycles. The molecule has 0 saturated carbocycles. The van der Waals surface area contributed by atoms with Crippen molar-refractivity contribution in [3.05, 3.63) is 28.5 Å². The Balaban J connectivity index is 3.32. The van der Waals surface area contributed by atoms with Crippen molar-refractivity contribution in [2.75, 3.05) is 7.11 Å². The van der Waals surface area contributed by atoms with Gasteiger partial charge in [0.25, 0.3) is 0 Å². The molecule has 1 aromatic carbocycles. The fraction of sp³-hybridized carbons (Fsp3) is 0.300. The van der Waals surface area contributed by atoms with Crippen molar-refractivity contribution in [1.29, 1.82) is 0 Å². The zero-order valence-electron chi connectivity index (χ0n) is 8.38. The minimum absolute atomic E-state index is 0.0569. The number of hydrogen-bond donors (Lipinski definition) is 1. The Morgan fingerprint density at radius 1 is 1.60 bits per heavy atom. The van der Waals surface area contributed by atoms with Gasteiger partial charge in [0.2, 0.25) is 0 Å². The molecule has 0 spiro atoms. The molecule has 0 heterocycles. The van der Waals surface area contributed by atoms with Crippen LogP contribution < -0.4 is 10.5 Å². The van der Waals surface area contributed by atoms with Crippen molar-refractivity contribution in [2.45, 2.75) is 13.0 Å². The van der Waals surface area contributed by atoms with Gasteiger partial charge in [-0.25, -0.2) is 4.39 Å². The number of benzene rings is 1. The van der Waals surface area contributed by atoms with E-state index in [1.807, 2.05) is 0 Å². The minimum Gasteiger partial charge on any atom is -0.494 e. The van der Waals surface area contributed by atoms with Crippen molar-refractivity contribution in [3.8, 4) is 5.75 Å². The minimum atomic E-state index is -0.725. The van der Waals surface area contributed by atoms with Crippen molar-refractivity contribution in [2.24, 2.45) is 5.73 Å². The van der Waals surface area contributed by atoms with E-state index in [0.29, 0.717) is 0 Å². The van der Waals surface area contributed by atoms with Crippen LogP contribution in [0.1, 0.15) is 17.3 Å². The predicted molar refractivity (Wildman–Crippen MR) is 55.9 cm³/mol. The fourth-order valence-corrected chi connectivity index (χ4v) is 1.48. The molecule has 0 aliphatic rings. The number of carbonyl (C=O) groups excluding carboxylic acids is 1. The summed E-state index contributed by atoms with van der Waals surface area (Å²) in [5, 5.41) is 0.0569. The van der Waals surface area contributed by atoms with Crippen LogP contribution in [-0.4, -0.2) is 18.9 Å². The number of ketones is 1. The number of ether oxygens (including phenoxy) is 1. The second-order valence-corrected chi connectivity index (χ2v) is 3.53. The Bertz CT molecular complexity index is 393. The summed E-state index contributed by atoms with van der Waals surface area (Å²) >= 11 is 5.73. The smallest absolute Gasteiger partial charge is 0.183 e.